The van der Waals surface area contributed by atoms with Gasteiger partial charge in [0.1, 0.15) is 0 Å². The van der Waals surface area contributed by atoms with Crippen molar-refractivity contribution in [3.8, 4) is 27.9 Å². The molecule has 23 heavy (non-hydrogen) atoms. The summed E-state index contributed by atoms with van der Waals surface area (Å²) in [7, 11) is 0. The van der Waals surface area contributed by atoms with Crippen LogP contribution in [0.15, 0.2) is 97.3 Å². The minimum Gasteiger partial charge on any atom is -0.241 e. The van der Waals surface area contributed by atoms with Crippen LogP contribution in [0.2, 0.25) is 0 Å². The van der Waals surface area contributed by atoms with E-state index in [0.29, 0.717) is 0 Å². The summed E-state index contributed by atoms with van der Waals surface area (Å²) in [5.74, 6) is 0. The summed E-state index contributed by atoms with van der Waals surface area (Å²) in [6.45, 7) is 0. The van der Waals surface area contributed by atoms with Crippen molar-refractivity contribution in [2.45, 2.75) is 0 Å². The van der Waals surface area contributed by atoms with Gasteiger partial charge in [0.25, 0.3) is 0 Å². The van der Waals surface area contributed by atoms with E-state index in [1.54, 1.807) is 6.20 Å². The highest BCUT2D eigenvalue weighted by Gasteiger charge is 2.02. The van der Waals surface area contributed by atoms with Crippen LogP contribution in [0.5, 0.6) is 0 Å². The summed E-state index contributed by atoms with van der Waals surface area (Å²) < 4.78 is 1.88. The fourth-order valence-electron chi connectivity index (χ4n) is 2.74. The third-order valence-corrected chi connectivity index (χ3v) is 3.94. The monoisotopic (exact) mass is 296 g/mol. The molecule has 1 aromatic heterocycles. The summed E-state index contributed by atoms with van der Waals surface area (Å²) in [6, 6.07) is 29.5. The van der Waals surface area contributed by atoms with Crippen LogP contribution in [0.3, 0.4) is 0 Å². The molecule has 4 aromatic rings. The Kier molecular flexibility index (Phi) is 3.49. The smallest absolute Gasteiger partial charge is 0.0651 e. The Hall–Kier alpha value is -3.13. The van der Waals surface area contributed by atoms with Gasteiger partial charge < -0.3 is 0 Å². The van der Waals surface area contributed by atoms with E-state index < -0.39 is 0 Å². The molecule has 0 aliphatic carbocycles. The Morgan fingerprint density at radius 2 is 1.22 bits per heavy atom. The number of aromatic nitrogens is 2. The minimum absolute atomic E-state index is 1.07. The van der Waals surface area contributed by atoms with Crippen molar-refractivity contribution in [1.29, 1.82) is 0 Å². The Bertz CT molecular complexity index is 892. The Morgan fingerprint density at radius 1 is 0.565 bits per heavy atom. The molecule has 2 heteroatoms. The lowest BCUT2D eigenvalue weighted by molar-refractivity contribution is 0.881. The molecule has 0 aliphatic rings. The van der Waals surface area contributed by atoms with Crippen molar-refractivity contribution in [3.63, 3.8) is 0 Å². The second-order valence-electron chi connectivity index (χ2n) is 5.44. The number of hydrogen-bond acceptors (Lipinski definition) is 1. The lowest BCUT2D eigenvalue weighted by atomic mass is 10.00. The first-order chi connectivity index (χ1) is 11.4. The quantitative estimate of drug-likeness (QED) is 0.507. The van der Waals surface area contributed by atoms with Crippen molar-refractivity contribution >= 4 is 0 Å². The second-order valence-corrected chi connectivity index (χ2v) is 5.44. The van der Waals surface area contributed by atoms with E-state index in [-0.39, 0.29) is 0 Å². The van der Waals surface area contributed by atoms with E-state index in [9.17, 15) is 0 Å². The molecular weight excluding hydrogens is 280 g/mol. The van der Waals surface area contributed by atoms with Gasteiger partial charge >= 0.3 is 0 Å². The van der Waals surface area contributed by atoms with Crippen LogP contribution >= 0.6 is 0 Å². The van der Waals surface area contributed by atoms with Gasteiger partial charge in [-0.15, -0.1) is 0 Å². The molecule has 2 nitrogen and oxygen atoms in total. The maximum Gasteiger partial charge on any atom is 0.0651 e. The molecule has 1 heterocycles. The normalized spacial score (nSPS) is 10.6. The molecule has 0 unspecified atom stereocenters. The highest BCUT2D eigenvalue weighted by atomic mass is 15.3. The molecule has 0 bridgehead atoms. The summed E-state index contributed by atoms with van der Waals surface area (Å²) in [4.78, 5) is 0. The zero-order chi connectivity index (χ0) is 15.5. The highest BCUT2D eigenvalue weighted by molar-refractivity contribution is 5.71. The van der Waals surface area contributed by atoms with Crippen molar-refractivity contribution in [2.24, 2.45) is 0 Å². The van der Waals surface area contributed by atoms with Gasteiger partial charge in [-0.1, -0.05) is 66.7 Å². The Morgan fingerprint density at radius 3 is 1.91 bits per heavy atom. The topological polar surface area (TPSA) is 17.8 Å². The number of hydrogen-bond donors (Lipinski definition) is 0. The Balaban J connectivity index is 1.68. The van der Waals surface area contributed by atoms with Gasteiger partial charge in [-0.05, 0) is 40.5 Å². The first-order valence-electron chi connectivity index (χ1n) is 7.66. The molecule has 110 valence electrons. The predicted molar refractivity (Wildman–Crippen MR) is 94.4 cm³/mol. The summed E-state index contributed by atoms with van der Waals surface area (Å²) in [5.41, 5.74) is 5.94. The van der Waals surface area contributed by atoms with Crippen molar-refractivity contribution in [1.82, 2.24) is 9.78 Å². The van der Waals surface area contributed by atoms with E-state index in [2.05, 4.69) is 77.9 Å². The van der Waals surface area contributed by atoms with Crippen LogP contribution in [0.4, 0.5) is 0 Å². The van der Waals surface area contributed by atoms with Gasteiger partial charge in [-0.25, -0.2) is 4.68 Å². The summed E-state index contributed by atoms with van der Waals surface area (Å²) in [6.07, 6.45) is 3.75. The average Bonchev–Trinajstić information content (AvgIpc) is 3.18. The molecule has 0 aliphatic heterocycles. The first-order valence-corrected chi connectivity index (χ1v) is 7.66. The molecular formula is C21H16N2. The van der Waals surface area contributed by atoms with Crippen LogP contribution in [-0.2, 0) is 0 Å². The van der Waals surface area contributed by atoms with E-state index >= 15 is 0 Å². The third kappa shape index (κ3) is 2.79. The van der Waals surface area contributed by atoms with E-state index in [4.69, 9.17) is 0 Å². The maximum atomic E-state index is 4.29. The Labute approximate surface area is 135 Å². The minimum atomic E-state index is 1.07. The summed E-state index contributed by atoms with van der Waals surface area (Å²) >= 11 is 0. The lowest BCUT2D eigenvalue weighted by Gasteiger charge is -2.07. The second kappa shape index (κ2) is 5.93. The molecule has 3 aromatic carbocycles. The highest BCUT2D eigenvalue weighted by Crippen LogP contribution is 2.26. The van der Waals surface area contributed by atoms with E-state index in [0.717, 1.165) is 5.69 Å². The predicted octanol–water partition coefficient (Wildman–Crippen LogP) is 5.21. The maximum absolute atomic E-state index is 4.29. The molecule has 0 amide bonds. The molecule has 0 saturated carbocycles. The van der Waals surface area contributed by atoms with Gasteiger partial charge in [0.2, 0.25) is 0 Å². The van der Waals surface area contributed by atoms with E-state index in [1.165, 1.54) is 22.3 Å². The lowest BCUT2D eigenvalue weighted by Crippen LogP contribution is -1.93. The fraction of sp³-hybridized carbons (Fsp3) is 0. The number of benzene rings is 3. The van der Waals surface area contributed by atoms with Gasteiger partial charge in [0, 0.05) is 12.4 Å². The molecule has 4 rings (SSSR count). The van der Waals surface area contributed by atoms with Crippen molar-refractivity contribution < 1.29 is 0 Å². The molecule has 0 N–H and O–H groups in total. The standard InChI is InChI=1S/C21H16N2/c1-2-6-17(7-3-1)18-10-12-19(13-11-18)20-8-4-9-21(16-20)23-15-5-14-22-23/h1-16H. The molecule has 0 saturated heterocycles. The van der Waals surface area contributed by atoms with Crippen LogP contribution in [0.1, 0.15) is 0 Å². The molecule has 0 spiro atoms. The van der Waals surface area contributed by atoms with Crippen LogP contribution < -0.4 is 0 Å². The summed E-state index contributed by atoms with van der Waals surface area (Å²) in [5, 5.41) is 4.29. The van der Waals surface area contributed by atoms with Gasteiger partial charge in [-0.2, -0.15) is 5.10 Å². The van der Waals surface area contributed by atoms with Gasteiger partial charge in [0.15, 0.2) is 0 Å². The first kappa shape index (κ1) is 13.5. The molecule has 0 atom stereocenters. The number of nitrogens with zero attached hydrogens (tertiary/aromatic N) is 2. The van der Waals surface area contributed by atoms with Crippen molar-refractivity contribution in [3.05, 3.63) is 97.3 Å². The van der Waals surface area contributed by atoms with Crippen LogP contribution in [-0.4, -0.2) is 9.78 Å². The third-order valence-electron chi connectivity index (χ3n) is 3.94. The zero-order valence-electron chi connectivity index (χ0n) is 12.6. The fourth-order valence-corrected chi connectivity index (χ4v) is 2.74. The largest absolute Gasteiger partial charge is 0.241 e. The van der Waals surface area contributed by atoms with Crippen LogP contribution in [0, 0.1) is 0 Å². The molecule has 0 fully saturated rings. The van der Waals surface area contributed by atoms with Gasteiger partial charge in [0.05, 0.1) is 5.69 Å². The van der Waals surface area contributed by atoms with E-state index in [1.807, 2.05) is 23.0 Å². The van der Waals surface area contributed by atoms with Crippen LogP contribution in [0.25, 0.3) is 27.9 Å². The van der Waals surface area contributed by atoms with Crippen molar-refractivity contribution in [2.75, 3.05) is 0 Å². The van der Waals surface area contributed by atoms with Gasteiger partial charge in [-0.3, -0.25) is 0 Å². The zero-order valence-corrected chi connectivity index (χ0v) is 12.6. The SMILES string of the molecule is c1ccc(-c2ccc(-c3cccc(-n4cccn4)c3)cc2)cc1. The molecule has 0 radical (unpaired) electrons. The average molecular weight is 296 g/mol. The number of rotatable bonds is 3.